The molecular weight excluding hydrogens is 308 g/mol. The lowest BCUT2D eigenvalue weighted by Crippen LogP contribution is -2.22. The van der Waals surface area contributed by atoms with Crippen molar-refractivity contribution in [1.82, 2.24) is 0 Å². The molecule has 0 spiro atoms. The normalized spacial score (nSPS) is 11.9. The lowest BCUT2D eigenvalue weighted by Gasteiger charge is -2.11. The van der Waals surface area contributed by atoms with Crippen molar-refractivity contribution in [3.05, 3.63) is 23.8 Å². The van der Waals surface area contributed by atoms with Gasteiger partial charge in [-0.15, -0.1) is 0 Å². The van der Waals surface area contributed by atoms with Crippen LogP contribution < -0.4 is 9.44 Å². The van der Waals surface area contributed by atoms with Gasteiger partial charge < -0.3 is 5.11 Å². The first-order chi connectivity index (χ1) is 8.98. The molecule has 0 saturated heterocycles. The molecule has 1 aromatic rings. The fraction of sp³-hybridized carbons (Fsp3) is 0.300. The van der Waals surface area contributed by atoms with Crippen molar-refractivity contribution in [2.45, 2.75) is 6.92 Å². The molecule has 0 aromatic heterocycles. The predicted octanol–water partition coefficient (Wildman–Crippen LogP) is 0.193. The highest BCUT2D eigenvalue weighted by Gasteiger charge is 2.16. The van der Waals surface area contributed by atoms with Crippen molar-refractivity contribution in [2.24, 2.45) is 0 Å². The van der Waals surface area contributed by atoms with Gasteiger partial charge in [-0.05, 0) is 30.7 Å². The molecule has 0 saturated carbocycles. The lowest BCUT2D eigenvalue weighted by molar-refractivity contribution is -0.134. The molecule has 1 rings (SSSR count). The maximum Gasteiger partial charge on any atom is 0.320 e. The van der Waals surface area contributed by atoms with Gasteiger partial charge in [0.05, 0.1) is 11.9 Å². The molecule has 0 atom stereocenters. The van der Waals surface area contributed by atoms with E-state index in [-0.39, 0.29) is 5.69 Å². The Morgan fingerprint density at radius 1 is 1.20 bits per heavy atom. The molecule has 3 N–H and O–H groups in total. The Hall–Kier alpha value is -1.81. The first-order valence-electron chi connectivity index (χ1n) is 5.29. The van der Waals surface area contributed by atoms with E-state index >= 15 is 0 Å². The van der Waals surface area contributed by atoms with E-state index in [1.165, 1.54) is 18.2 Å². The maximum absolute atomic E-state index is 11.4. The number of hydrogen-bond acceptors (Lipinski definition) is 5. The first-order valence-corrected chi connectivity index (χ1v) is 8.83. The molecule has 112 valence electrons. The van der Waals surface area contributed by atoms with E-state index in [4.69, 9.17) is 5.11 Å². The number of sulfonamides is 2. The van der Waals surface area contributed by atoms with E-state index in [2.05, 4.69) is 9.44 Å². The van der Waals surface area contributed by atoms with Gasteiger partial charge in [-0.1, -0.05) is 0 Å². The van der Waals surface area contributed by atoms with E-state index in [1.54, 1.807) is 6.92 Å². The van der Waals surface area contributed by atoms with E-state index in [1.807, 2.05) is 0 Å². The first kappa shape index (κ1) is 16.2. The van der Waals surface area contributed by atoms with Crippen LogP contribution in [0.15, 0.2) is 18.2 Å². The van der Waals surface area contributed by atoms with Crippen LogP contribution in [0.5, 0.6) is 0 Å². The van der Waals surface area contributed by atoms with Crippen LogP contribution in [0.3, 0.4) is 0 Å². The van der Waals surface area contributed by atoms with Gasteiger partial charge in [0.15, 0.2) is 5.75 Å². The number of hydrogen-bond donors (Lipinski definition) is 3. The standard InChI is InChI=1S/C10H14N2O6S2/c1-7-5-8(11-20(17,18)6-10(13)14)3-4-9(7)12-19(2,15)16/h3-5,11-12H,6H2,1-2H3,(H,13,14). The quantitative estimate of drug-likeness (QED) is 0.685. The number of rotatable bonds is 6. The van der Waals surface area contributed by atoms with Gasteiger partial charge in [0, 0.05) is 5.69 Å². The summed E-state index contributed by atoms with van der Waals surface area (Å²) in [6.45, 7) is 1.59. The van der Waals surface area contributed by atoms with Gasteiger partial charge >= 0.3 is 5.97 Å². The largest absolute Gasteiger partial charge is 0.480 e. The van der Waals surface area contributed by atoms with Crippen molar-refractivity contribution in [3.63, 3.8) is 0 Å². The highest BCUT2D eigenvalue weighted by Crippen LogP contribution is 2.21. The molecule has 0 aliphatic carbocycles. The Morgan fingerprint density at radius 2 is 1.80 bits per heavy atom. The minimum Gasteiger partial charge on any atom is -0.480 e. The smallest absolute Gasteiger partial charge is 0.320 e. The molecule has 0 aliphatic rings. The highest BCUT2D eigenvalue weighted by atomic mass is 32.2. The summed E-state index contributed by atoms with van der Waals surface area (Å²) < 4.78 is 49.4. The molecule has 0 aliphatic heterocycles. The van der Waals surface area contributed by atoms with Crippen molar-refractivity contribution in [2.75, 3.05) is 21.5 Å². The SMILES string of the molecule is Cc1cc(NS(=O)(=O)CC(=O)O)ccc1NS(C)(=O)=O. The minimum absolute atomic E-state index is 0.155. The van der Waals surface area contributed by atoms with Crippen molar-refractivity contribution < 1.29 is 26.7 Å². The highest BCUT2D eigenvalue weighted by molar-refractivity contribution is 7.93. The molecule has 8 nitrogen and oxygen atoms in total. The Kier molecular flexibility index (Phi) is 4.61. The zero-order valence-electron chi connectivity index (χ0n) is 10.7. The van der Waals surface area contributed by atoms with E-state index < -0.39 is 31.8 Å². The maximum atomic E-state index is 11.4. The zero-order chi connectivity index (χ0) is 15.6. The summed E-state index contributed by atoms with van der Waals surface area (Å²) in [6, 6.07) is 4.11. The summed E-state index contributed by atoms with van der Waals surface area (Å²) in [5.74, 6) is -2.51. The Morgan fingerprint density at radius 3 is 2.25 bits per heavy atom. The molecular formula is C10H14N2O6S2. The van der Waals surface area contributed by atoms with Gasteiger partial charge in [0.25, 0.3) is 0 Å². The fourth-order valence-corrected chi connectivity index (χ4v) is 2.93. The summed E-state index contributed by atoms with van der Waals surface area (Å²) in [4.78, 5) is 10.4. The Balaban J connectivity index is 2.96. The summed E-state index contributed by atoms with van der Waals surface area (Å²) in [5.41, 5.74) is 0.961. The molecule has 1 aromatic carbocycles. The number of carboxylic acids is 1. The third-order valence-electron chi connectivity index (χ3n) is 2.11. The zero-order valence-corrected chi connectivity index (χ0v) is 12.4. The molecule has 0 heterocycles. The van der Waals surface area contributed by atoms with E-state index in [0.717, 1.165) is 6.26 Å². The summed E-state index contributed by atoms with van der Waals surface area (Å²) in [5, 5.41) is 8.46. The summed E-state index contributed by atoms with van der Waals surface area (Å²) >= 11 is 0. The summed E-state index contributed by atoms with van der Waals surface area (Å²) in [6.07, 6.45) is 0.996. The minimum atomic E-state index is -3.99. The van der Waals surface area contributed by atoms with Crippen molar-refractivity contribution >= 4 is 37.4 Å². The second-order valence-electron chi connectivity index (χ2n) is 4.16. The lowest BCUT2D eigenvalue weighted by atomic mass is 10.2. The van der Waals surface area contributed by atoms with Crippen LogP contribution in [-0.4, -0.2) is 39.9 Å². The number of carbonyl (C=O) groups is 1. The monoisotopic (exact) mass is 322 g/mol. The molecule has 0 unspecified atom stereocenters. The van der Waals surface area contributed by atoms with Crippen LogP contribution in [0.25, 0.3) is 0 Å². The molecule has 0 radical (unpaired) electrons. The fourth-order valence-electron chi connectivity index (χ4n) is 1.42. The number of aliphatic carboxylic acids is 1. The summed E-state index contributed by atoms with van der Waals surface area (Å²) in [7, 11) is -7.42. The molecule has 0 bridgehead atoms. The van der Waals surface area contributed by atoms with Gasteiger partial charge in [0.1, 0.15) is 0 Å². The topological polar surface area (TPSA) is 130 Å². The van der Waals surface area contributed by atoms with Crippen LogP contribution in [-0.2, 0) is 24.8 Å². The molecule has 20 heavy (non-hydrogen) atoms. The third-order valence-corrected chi connectivity index (χ3v) is 3.87. The molecule has 0 fully saturated rings. The van der Waals surface area contributed by atoms with Crippen LogP contribution in [0.2, 0.25) is 0 Å². The Labute approximate surface area is 116 Å². The van der Waals surface area contributed by atoms with Crippen LogP contribution >= 0.6 is 0 Å². The number of aryl methyl sites for hydroxylation is 1. The molecule has 10 heteroatoms. The molecule has 0 amide bonds. The average Bonchev–Trinajstić information content (AvgIpc) is 2.17. The van der Waals surface area contributed by atoms with Gasteiger partial charge in [-0.3, -0.25) is 14.2 Å². The van der Waals surface area contributed by atoms with E-state index in [0.29, 0.717) is 11.3 Å². The number of benzene rings is 1. The number of carboxylic acid groups (broad SMARTS) is 1. The average molecular weight is 322 g/mol. The second-order valence-corrected chi connectivity index (χ2v) is 7.63. The van der Waals surface area contributed by atoms with Gasteiger partial charge in [-0.2, -0.15) is 0 Å². The van der Waals surface area contributed by atoms with Crippen LogP contribution in [0, 0.1) is 6.92 Å². The van der Waals surface area contributed by atoms with Crippen molar-refractivity contribution in [1.29, 1.82) is 0 Å². The number of nitrogens with one attached hydrogen (secondary N) is 2. The Bertz CT molecular complexity index is 724. The third kappa shape index (κ3) is 5.45. The van der Waals surface area contributed by atoms with Crippen LogP contribution in [0.1, 0.15) is 5.56 Å². The second kappa shape index (κ2) is 5.67. The van der Waals surface area contributed by atoms with Gasteiger partial charge in [-0.25, -0.2) is 16.8 Å². The van der Waals surface area contributed by atoms with E-state index in [9.17, 15) is 21.6 Å². The van der Waals surface area contributed by atoms with Crippen LogP contribution in [0.4, 0.5) is 11.4 Å². The predicted molar refractivity (Wildman–Crippen MR) is 74.7 cm³/mol. The van der Waals surface area contributed by atoms with Crippen molar-refractivity contribution in [3.8, 4) is 0 Å². The van der Waals surface area contributed by atoms with Gasteiger partial charge in [0.2, 0.25) is 20.0 Å². The number of anilines is 2.